The molecule has 6 rings (SSSR count). The molecule has 0 radical (unpaired) electrons. The number of aliphatic hydroxyl groups excluding tert-OH is 1. The Labute approximate surface area is 203 Å². The molecule has 0 saturated carbocycles. The molecule has 2 aliphatic rings. The predicted molar refractivity (Wildman–Crippen MR) is 131 cm³/mol. The first-order valence-corrected chi connectivity index (χ1v) is 11.7. The molecule has 1 saturated heterocycles. The number of fused-ring (bicyclic) bond motifs is 4. The number of amides is 1. The summed E-state index contributed by atoms with van der Waals surface area (Å²) in [6.45, 7) is 2.80. The highest BCUT2D eigenvalue weighted by atomic mass is 16.5. The first-order chi connectivity index (χ1) is 17.1. The fraction of sp³-hybridized carbons (Fsp3) is 0.296. The lowest BCUT2D eigenvalue weighted by Crippen LogP contribution is -2.66. The van der Waals surface area contributed by atoms with E-state index in [1.807, 2.05) is 29.3 Å². The van der Waals surface area contributed by atoms with Gasteiger partial charge in [-0.05, 0) is 41.5 Å². The Morgan fingerprint density at radius 2 is 1.97 bits per heavy atom. The number of H-pyrrole nitrogens is 1. The van der Waals surface area contributed by atoms with Gasteiger partial charge in [-0.2, -0.15) is 0 Å². The number of aliphatic hydroxyl groups is 1. The lowest BCUT2D eigenvalue weighted by molar-refractivity contribution is -0.00406. The molecule has 8 nitrogen and oxygen atoms in total. The molecule has 5 heterocycles. The third-order valence-electron chi connectivity index (χ3n) is 7.29. The Hall–Kier alpha value is -3.75. The molecule has 1 atom stereocenters. The second-order valence-corrected chi connectivity index (χ2v) is 9.48. The first kappa shape index (κ1) is 21.8. The van der Waals surface area contributed by atoms with Crippen molar-refractivity contribution < 1.29 is 14.6 Å². The molecule has 178 valence electrons. The van der Waals surface area contributed by atoms with Crippen molar-refractivity contribution in [3.05, 3.63) is 89.6 Å². The van der Waals surface area contributed by atoms with E-state index in [9.17, 15) is 9.90 Å². The molecule has 1 amide bonds. The summed E-state index contributed by atoms with van der Waals surface area (Å²) in [5.74, 6) is 0.667. The van der Waals surface area contributed by atoms with E-state index in [1.54, 1.807) is 37.8 Å². The van der Waals surface area contributed by atoms with Crippen molar-refractivity contribution in [2.24, 2.45) is 0 Å². The minimum atomic E-state index is -0.456. The van der Waals surface area contributed by atoms with E-state index in [2.05, 4.69) is 32.0 Å². The predicted octanol–water partition coefficient (Wildman–Crippen LogP) is 2.91. The molecule has 4 aromatic rings. The van der Waals surface area contributed by atoms with E-state index >= 15 is 0 Å². The Morgan fingerprint density at radius 1 is 1.14 bits per heavy atom. The number of aromatic amines is 1. The van der Waals surface area contributed by atoms with Crippen LogP contribution in [0.4, 0.5) is 0 Å². The van der Waals surface area contributed by atoms with E-state index in [1.165, 1.54) is 11.1 Å². The van der Waals surface area contributed by atoms with E-state index in [-0.39, 0.29) is 17.9 Å². The number of nitrogens with one attached hydrogen (secondary N) is 1. The van der Waals surface area contributed by atoms with Gasteiger partial charge in [0.1, 0.15) is 5.75 Å². The average Bonchev–Trinajstić information content (AvgIpc) is 3.27. The van der Waals surface area contributed by atoms with Gasteiger partial charge < -0.3 is 19.7 Å². The van der Waals surface area contributed by atoms with E-state index in [4.69, 9.17) is 4.74 Å². The Balaban J connectivity index is 1.42. The number of aromatic nitrogens is 3. The van der Waals surface area contributed by atoms with Gasteiger partial charge in [0.05, 0.1) is 19.8 Å². The number of hydrogen-bond donors (Lipinski definition) is 2. The summed E-state index contributed by atoms with van der Waals surface area (Å²) in [7, 11) is 1.65. The highest BCUT2D eigenvalue weighted by molar-refractivity contribution is 5.96. The molecule has 1 aromatic carbocycles. The van der Waals surface area contributed by atoms with Crippen molar-refractivity contribution in [2.75, 3.05) is 33.4 Å². The zero-order chi connectivity index (χ0) is 24.0. The van der Waals surface area contributed by atoms with Crippen LogP contribution >= 0.6 is 0 Å². The fourth-order valence-electron chi connectivity index (χ4n) is 5.81. The fourth-order valence-corrected chi connectivity index (χ4v) is 5.81. The number of ether oxygens (including phenoxy) is 1. The van der Waals surface area contributed by atoms with Crippen LogP contribution in [0.15, 0.2) is 67.3 Å². The van der Waals surface area contributed by atoms with Crippen LogP contribution in [-0.4, -0.2) is 69.1 Å². The van der Waals surface area contributed by atoms with Crippen LogP contribution < -0.4 is 4.74 Å². The molecular formula is C27H27N5O3. The highest BCUT2D eigenvalue weighted by Crippen LogP contribution is 2.49. The van der Waals surface area contributed by atoms with Gasteiger partial charge >= 0.3 is 0 Å². The van der Waals surface area contributed by atoms with Crippen molar-refractivity contribution in [2.45, 2.75) is 18.0 Å². The number of rotatable bonds is 5. The lowest BCUT2D eigenvalue weighted by atomic mass is 9.68. The molecule has 0 unspecified atom stereocenters. The standard InChI is InChI=1S/C27H27N5O3/c1-35-20-4-5-21-22(11-20)30-25-23(14-33)32(26(34)19-6-9-28-10-7-19)17-27(24(21)25)15-31(16-27)13-18-3-2-8-29-12-18/h2-12,23,30,33H,13-17H2,1H3/t23-/m1/s1. The van der Waals surface area contributed by atoms with E-state index in [0.29, 0.717) is 12.1 Å². The third-order valence-corrected chi connectivity index (χ3v) is 7.29. The monoisotopic (exact) mass is 469 g/mol. The number of nitrogens with zero attached hydrogens (tertiary/aromatic N) is 4. The second-order valence-electron chi connectivity index (χ2n) is 9.48. The van der Waals surface area contributed by atoms with Gasteiger partial charge in [0.2, 0.25) is 0 Å². The molecule has 1 fully saturated rings. The molecule has 1 spiro atoms. The summed E-state index contributed by atoms with van der Waals surface area (Å²) in [5, 5.41) is 11.6. The SMILES string of the molecule is COc1ccc2c3c([nH]c2c1)[C@@H](CO)N(C(=O)c1ccncc1)CC31CN(Cc2cccnc2)C1. The molecule has 0 aliphatic carbocycles. The second kappa shape index (κ2) is 8.48. The maximum atomic E-state index is 13.6. The van der Waals surface area contributed by atoms with Crippen LogP contribution in [0.2, 0.25) is 0 Å². The molecule has 2 aliphatic heterocycles. The summed E-state index contributed by atoms with van der Waals surface area (Å²) >= 11 is 0. The van der Waals surface area contributed by atoms with Gasteiger partial charge in [-0.15, -0.1) is 0 Å². The summed E-state index contributed by atoms with van der Waals surface area (Å²) in [6, 6.07) is 13.1. The van der Waals surface area contributed by atoms with E-state index in [0.717, 1.165) is 42.0 Å². The normalized spacial score (nSPS) is 18.9. The number of benzene rings is 1. The molecule has 8 heteroatoms. The largest absolute Gasteiger partial charge is 0.497 e. The molecule has 35 heavy (non-hydrogen) atoms. The zero-order valence-corrected chi connectivity index (χ0v) is 19.5. The Bertz CT molecular complexity index is 1370. The molecular weight excluding hydrogens is 442 g/mol. The average molecular weight is 470 g/mol. The maximum absolute atomic E-state index is 13.6. The maximum Gasteiger partial charge on any atom is 0.254 e. The van der Waals surface area contributed by atoms with Crippen LogP contribution in [0.25, 0.3) is 10.9 Å². The Morgan fingerprint density at radius 3 is 2.69 bits per heavy atom. The number of hydrogen-bond acceptors (Lipinski definition) is 6. The van der Waals surface area contributed by atoms with Crippen molar-refractivity contribution >= 4 is 16.8 Å². The highest BCUT2D eigenvalue weighted by Gasteiger charge is 2.53. The molecule has 3 aromatic heterocycles. The quantitative estimate of drug-likeness (QED) is 0.467. The number of carbonyl (C=O) groups is 1. The van der Waals surface area contributed by atoms with Gasteiger partial charge in [-0.25, -0.2) is 0 Å². The molecule has 0 bridgehead atoms. The summed E-state index contributed by atoms with van der Waals surface area (Å²) < 4.78 is 5.45. The van der Waals surface area contributed by atoms with Gasteiger partial charge in [0.15, 0.2) is 0 Å². The van der Waals surface area contributed by atoms with Gasteiger partial charge in [0, 0.05) is 84.6 Å². The van der Waals surface area contributed by atoms with Gasteiger partial charge in [-0.1, -0.05) is 6.07 Å². The Kier molecular flexibility index (Phi) is 5.27. The van der Waals surface area contributed by atoms with Crippen molar-refractivity contribution in [3.63, 3.8) is 0 Å². The van der Waals surface area contributed by atoms with Crippen LogP contribution in [0.3, 0.4) is 0 Å². The number of carbonyl (C=O) groups excluding carboxylic acids is 1. The number of pyridine rings is 2. The summed E-state index contributed by atoms with van der Waals surface area (Å²) in [5.41, 5.74) is 4.57. The zero-order valence-electron chi connectivity index (χ0n) is 19.5. The third kappa shape index (κ3) is 3.57. The summed E-state index contributed by atoms with van der Waals surface area (Å²) in [6.07, 6.45) is 6.93. The van der Waals surface area contributed by atoms with Gasteiger partial charge in [-0.3, -0.25) is 19.7 Å². The van der Waals surface area contributed by atoms with Crippen molar-refractivity contribution in [1.82, 2.24) is 24.8 Å². The smallest absolute Gasteiger partial charge is 0.254 e. The topological polar surface area (TPSA) is 94.6 Å². The van der Waals surface area contributed by atoms with Crippen LogP contribution in [-0.2, 0) is 12.0 Å². The van der Waals surface area contributed by atoms with Crippen LogP contribution in [0.5, 0.6) is 5.75 Å². The minimum Gasteiger partial charge on any atom is -0.497 e. The summed E-state index contributed by atoms with van der Waals surface area (Å²) in [4.78, 5) is 29.7. The molecule has 2 N–H and O–H groups in total. The number of likely N-dealkylation sites (tertiary alicyclic amines) is 1. The van der Waals surface area contributed by atoms with Crippen molar-refractivity contribution in [3.8, 4) is 5.75 Å². The van der Waals surface area contributed by atoms with Gasteiger partial charge in [0.25, 0.3) is 5.91 Å². The van der Waals surface area contributed by atoms with E-state index < -0.39 is 6.04 Å². The number of methoxy groups -OCH3 is 1. The van der Waals surface area contributed by atoms with Crippen LogP contribution in [0, 0.1) is 0 Å². The lowest BCUT2D eigenvalue weighted by Gasteiger charge is -2.56. The minimum absolute atomic E-state index is 0.0987. The van der Waals surface area contributed by atoms with Crippen LogP contribution in [0.1, 0.15) is 33.2 Å². The first-order valence-electron chi connectivity index (χ1n) is 11.7. The van der Waals surface area contributed by atoms with Crippen molar-refractivity contribution in [1.29, 1.82) is 0 Å².